The van der Waals surface area contributed by atoms with Gasteiger partial charge in [0.25, 0.3) is 0 Å². The number of nitrogens with zero attached hydrogens (tertiary/aromatic N) is 1. The molecule has 0 amide bonds. The predicted octanol–water partition coefficient (Wildman–Crippen LogP) is 5.86. The Kier molecular flexibility index (Phi) is 4.55. The third-order valence-corrected chi connectivity index (χ3v) is 5.55. The van der Waals surface area contributed by atoms with Gasteiger partial charge >= 0.3 is 0 Å². The molecule has 0 N–H and O–H groups in total. The standard InChI is InChI=1S/C16H12BrNS2/c17-14-9-5-4-8-13(14)15-10-20-16(18-15)11-19-12-6-2-1-3-7-12/h1-10H,11H2. The van der Waals surface area contributed by atoms with E-state index in [4.69, 9.17) is 4.98 Å². The first-order valence-electron chi connectivity index (χ1n) is 6.20. The van der Waals surface area contributed by atoms with Crippen molar-refractivity contribution in [2.45, 2.75) is 10.6 Å². The molecule has 2 aromatic carbocycles. The van der Waals surface area contributed by atoms with Crippen molar-refractivity contribution in [3.63, 3.8) is 0 Å². The Morgan fingerprint density at radius 1 is 1.00 bits per heavy atom. The second-order valence-electron chi connectivity index (χ2n) is 4.21. The van der Waals surface area contributed by atoms with Crippen LogP contribution in [0.25, 0.3) is 11.3 Å². The Labute approximate surface area is 135 Å². The van der Waals surface area contributed by atoms with Crippen molar-refractivity contribution in [1.82, 2.24) is 4.98 Å². The van der Waals surface area contributed by atoms with Crippen molar-refractivity contribution in [2.75, 3.05) is 0 Å². The van der Waals surface area contributed by atoms with Crippen LogP contribution >= 0.6 is 39.0 Å². The van der Waals surface area contributed by atoms with E-state index >= 15 is 0 Å². The molecule has 0 bridgehead atoms. The lowest BCUT2D eigenvalue weighted by molar-refractivity contribution is 1.26. The van der Waals surface area contributed by atoms with Gasteiger partial charge in [0.05, 0.1) is 11.4 Å². The number of hydrogen-bond acceptors (Lipinski definition) is 3. The lowest BCUT2D eigenvalue weighted by Gasteiger charge is -2.00. The Morgan fingerprint density at radius 3 is 2.55 bits per heavy atom. The monoisotopic (exact) mass is 361 g/mol. The van der Waals surface area contributed by atoms with Gasteiger partial charge in [0.2, 0.25) is 0 Å². The van der Waals surface area contributed by atoms with Crippen molar-refractivity contribution in [2.24, 2.45) is 0 Å². The molecular weight excluding hydrogens is 350 g/mol. The number of rotatable bonds is 4. The first kappa shape index (κ1) is 13.9. The zero-order valence-corrected chi connectivity index (χ0v) is 13.8. The van der Waals surface area contributed by atoms with Crippen LogP contribution < -0.4 is 0 Å². The molecule has 1 aromatic heterocycles. The highest BCUT2D eigenvalue weighted by molar-refractivity contribution is 9.10. The zero-order chi connectivity index (χ0) is 13.8. The van der Waals surface area contributed by atoms with Crippen molar-refractivity contribution in [3.05, 3.63) is 69.5 Å². The second kappa shape index (κ2) is 6.57. The maximum Gasteiger partial charge on any atom is 0.104 e. The number of halogens is 1. The number of aromatic nitrogens is 1. The van der Waals surface area contributed by atoms with E-state index in [-0.39, 0.29) is 0 Å². The predicted molar refractivity (Wildman–Crippen MR) is 91.3 cm³/mol. The van der Waals surface area contributed by atoms with Gasteiger partial charge in [-0.3, -0.25) is 0 Å². The fourth-order valence-corrected chi connectivity index (χ4v) is 4.05. The summed E-state index contributed by atoms with van der Waals surface area (Å²) in [5, 5.41) is 3.28. The van der Waals surface area contributed by atoms with Gasteiger partial charge < -0.3 is 0 Å². The summed E-state index contributed by atoms with van der Waals surface area (Å²) in [7, 11) is 0. The van der Waals surface area contributed by atoms with E-state index in [9.17, 15) is 0 Å². The van der Waals surface area contributed by atoms with Crippen LogP contribution in [0.2, 0.25) is 0 Å². The van der Waals surface area contributed by atoms with Gasteiger partial charge in [-0.25, -0.2) is 4.98 Å². The van der Waals surface area contributed by atoms with Crippen molar-refractivity contribution in [1.29, 1.82) is 0 Å². The normalized spacial score (nSPS) is 10.7. The lowest BCUT2D eigenvalue weighted by atomic mass is 10.2. The minimum absolute atomic E-state index is 0.916. The Bertz CT molecular complexity index is 694. The van der Waals surface area contributed by atoms with Gasteiger partial charge in [0, 0.05) is 20.3 Å². The summed E-state index contributed by atoms with van der Waals surface area (Å²) in [4.78, 5) is 6.01. The zero-order valence-electron chi connectivity index (χ0n) is 10.6. The molecular formula is C16H12BrNS2. The molecule has 1 heterocycles. The van der Waals surface area contributed by atoms with Crippen LogP contribution in [0.3, 0.4) is 0 Å². The molecule has 0 unspecified atom stereocenters. The molecule has 0 radical (unpaired) electrons. The molecule has 0 aliphatic rings. The molecule has 0 aliphatic heterocycles. The molecule has 0 saturated carbocycles. The van der Waals surface area contributed by atoms with E-state index in [0.717, 1.165) is 26.5 Å². The van der Waals surface area contributed by atoms with E-state index in [1.807, 2.05) is 36.0 Å². The van der Waals surface area contributed by atoms with Gasteiger partial charge in [-0.2, -0.15) is 0 Å². The van der Waals surface area contributed by atoms with E-state index < -0.39 is 0 Å². The highest BCUT2D eigenvalue weighted by Gasteiger charge is 2.07. The fourth-order valence-electron chi connectivity index (χ4n) is 1.83. The molecule has 0 atom stereocenters. The Hall–Kier alpha value is -1.10. The molecule has 0 spiro atoms. The molecule has 100 valence electrons. The molecule has 20 heavy (non-hydrogen) atoms. The first-order valence-corrected chi connectivity index (χ1v) is 8.86. The van der Waals surface area contributed by atoms with Crippen LogP contribution in [0, 0.1) is 0 Å². The summed E-state index contributed by atoms with van der Waals surface area (Å²) in [5.41, 5.74) is 2.20. The van der Waals surface area contributed by atoms with Gasteiger partial charge in [-0.1, -0.05) is 52.3 Å². The first-order chi connectivity index (χ1) is 9.83. The molecule has 0 fully saturated rings. The van der Waals surface area contributed by atoms with Gasteiger partial charge in [0.1, 0.15) is 5.01 Å². The summed E-state index contributed by atoms with van der Waals surface area (Å²) in [5.74, 6) is 0.916. The number of thiazole rings is 1. The van der Waals surface area contributed by atoms with Crippen LogP contribution in [-0.4, -0.2) is 4.98 Å². The van der Waals surface area contributed by atoms with Crippen LogP contribution in [0.5, 0.6) is 0 Å². The average molecular weight is 362 g/mol. The second-order valence-corrected chi connectivity index (χ2v) is 7.05. The van der Waals surface area contributed by atoms with Crippen molar-refractivity contribution in [3.8, 4) is 11.3 Å². The Morgan fingerprint density at radius 2 is 1.75 bits per heavy atom. The van der Waals surface area contributed by atoms with Crippen LogP contribution in [0.4, 0.5) is 0 Å². The van der Waals surface area contributed by atoms with Crippen LogP contribution in [-0.2, 0) is 5.75 Å². The third kappa shape index (κ3) is 3.32. The minimum Gasteiger partial charge on any atom is -0.240 e. The quantitative estimate of drug-likeness (QED) is 0.539. The summed E-state index contributed by atoms with van der Waals surface area (Å²) in [6, 6.07) is 18.6. The number of benzene rings is 2. The molecule has 3 aromatic rings. The molecule has 1 nitrogen and oxygen atoms in total. The smallest absolute Gasteiger partial charge is 0.104 e. The molecule has 4 heteroatoms. The van der Waals surface area contributed by atoms with Crippen LogP contribution in [0.1, 0.15) is 5.01 Å². The molecule has 0 saturated heterocycles. The van der Waals surface area contributed by atoms with E-state index in [1.165, 1.54) is 4.90 Å². The van der Waals surface area contributed by atoms with Gasteiger partial charge in [-0.15, -0.1) is 23.1 Å². The Balaban J connectivity index is 1.73. The largest absolute Gasteiger partial charge is 0.240 e. The third-order valence-electron chi connectivity index (χ3n) is 2.81. The fraction of sp³-hybridized carbons (Fsp3) is 0.0625. The lowest BCUT2D eigenvalue weighted by Crippen LogP contribution is -1.82. The number of thioether (sulfide) groups is 1. The highest BCUT2D eigenvalue weighted by Crippen LogP contribution is 2.31. The maximum absolute atomic E-state index is 4.72. The number of hydrogen-bond donors (Lipinski definition) is 0. The highest BCUT2D eigenvalue weighted by atomic mass is 79.9. The maximum atomic E-state index is 4.72. The minimum atomic E-state index is 0.916. The van der Waals surface area contributed by atoms with E-state index in [1.54, 1.807) is 11.3 Å². The molecule has 0 aliphatic carbocycles. The summed E-state index contributed by atoms with van der Waals surface area (Å²) < 4.78 is 1.09. The topological polar surface area (TPSA) is 12.9 Å². The van der Waals surface area contributed by atoms with Crippen molar-refractivity contribution >= 4 is 39.0 Å². The SMILES string of the molecule is Brc1ccccc1-c1csc(CSc2ccccc2)n1. The average Bonchev–Trinajstić information content (AvgIpc) is 2.95. The summed E-state index contributed by atoms with van der Waals surface area (Å²) in [6.07, 6.45) is 0. The molecule has 3 rings (SSSR count). The van der Waals surface area contributed by atoms with Crippen molar-refractivity contribution < 1.29 is 0 Å². The summed E-state index contributed by atoms with van der Waals surface area (Å²) in [6.45, 7) is 0. The van der Waals surface area contributed by atoms with E-state index in [2.05, 4.69) is 51.6 Å². The van der Waals surface area contributed by atoms with E-state index in [0.29, 0.717) is 0 Å². The van der Waals surface area contributed by atoms with Crippen LogP contribution in [0.15, 0.2) is 69.3 Å². The summed E-state index contributed by atoms with van der Waals surface area (Å²) >= 11 is 7.12. The van der Waals surface area contributed by atoms with Gasteiger partial charge in [-0.05, 0) is 18.2 Å². The van der Waals surface area contributed by atoms with Gasteiger partial charge in [0.15, 0.2) is 0 Å².